The SMILES string of the molecule is CN(C(=O)OC(c1ccc(F)cc1)(c1ccc(F)cc1)C1CCN(CCCO)CC1)c1ccccc1. The summed E-state index contributed by atoms with van der Waals surface area (Å²) >= 11 is 0. The van der Waals surface area contributed by atoms with Crippen molar-refractivity contribution < 1.29 is 23.4 Å². The molecule has 1 aliphatic heterocycles. The smallest absolute Gasteiger partial charge is 0.415 e. The summed E-state index contributed by atoms with van der Waals surface area (Å²) < 4.78 is 34.4. The lowest BCUT2D eigenvalue weighted by Gasteiger charge is -2.45. The maximum atomic E-state index is 14.0. The summed E-state index contributed by atoms with van der Waals surface area (Å²) in [5.74, 6) is -0.913. The van der Waals surface area contributed by atoms with Gasteiger partial charge in [0.2, 0.25) is 0 Å². The molecule has 0 radical (unpaired) electrons. The zero-order valence-electron chi connectivity index (χ0n) is 20.4. The number of hydrogen-bond donors (Lipinski definition) is 1. The normalized spacial score (nSPS) is 15.0. The number of aliphatic hydroxyl groups excluding tert-OH is 1. The molecule has 7 heteroatoms. The molecule has 5 nitrogen and oxygen atoms in total. The molecule has 0 saturated carbocycles. The van der Waals surface area contributed by atoms with Crippen LogP contribution in [0.5, 0.6) is 0 Å². The second-order valence-electron chi connectivity index (χ2n) is 9.21. The molecule has 0 aromatic heterocycles. The van der Waals surface area contributed by atoms with Crippen molar-refractivity contribution in [2.45, 2.75) is 24.9 Å². The van der Waals surface area contributed by atoms with E-state index in [9.17, 15) is 18.7 Å². The first-order chi connectivity index (χ1) is 17.4. The summed E-state index contributed by atoms with van der Waals surface area (Å²) in [6.07, 6.45) is 1.56. The molecule has 0 bridgehead atoms. The van der Waals surface area contributed by atoms with E-state index in [0.29, 0.717) is 36.1 Å². The minimum atomic E-state index is -1.25. The molecule has 1 fully saturated rings. The number of piperidine rings is 1. The predicted molar refractivity (Wildman–Crippen MR) is 136 cm³/mol. The monoisotopic (exact) mass is 494 g/mol. The molecular weight excluding hydrogens is 462 g/mol. The molecule has 190 valence electrons. The van der Waals surface area contributed by atoms with Gasteiger partial charge in [-0.2, -0.15) is 0 Å². The summed E-state index contributed by atoms with van der Waals surface area (Å²) in [4.78, 5) is 17.3. The molecule has 0 unspecified atom stereocenters. The van der Waals surface area contributed by atoms with E-state index in [-0.39, 0.29) is 12.5 Å². The maximum Gasteiger partial charge on any atom is 0.415 e. The Morgan fingerprint density at radius 3 is 1.97 bits per heavy atom. The van der Waals surface area contributed by atoms with E-state index in [0.717, 1.165) is 19.6 Å². The Bertz CT molecular complexity index is 1070. The highest BCUT2D eigenvalue weighted by atomic mass is 19.1. The van der Waals surface area contributed by atoms with Crippen molar-refractivity contribution in [3.63, 3.8) is 0 Å². The van der Waals surface area contributed by atoms with E-state index < -0.39 is 23.3 Å². The van der Waals surface area contributed by atoms with Crippen LogP contribution in [0.25, 0.3) is 0 Å². The fourth-order valence-electron chi connectivity index (χ4n) is 5.05. The fraction of sp³-hybridized carbons (Fsp3) is 0.345. The fourth-order valence-corrected chi connectivity index (χ4v) is 5.05. The Hall–Kier alpha value is -3.29. The van der Waals surface area contributed by atoms with Crippen LogP contribution in [0.1, 0.15) is 30.4 Å². The number of halogens is 2. The van der Waals surface area contributed by atoms with Crippen molar-refractivity contribution >= 4 is 11.8 Å². The number of ether oxygens (including phenoxy) is 1. The standard InChI is InChI=1S/C29H32F2N2O3/c1-32(27-6-3-2-4-7-27)28(35)36-29(22-8-12-25(30)13-9-22,23-10-14-26(31)15-11-23)24-16-19-33(20-17-24)18-5-21-34/h2-4,6-15,24,34H,5,16-21H2,1H3. The number of aliphatic hydroxyl groups is 1. The molecule has 4 rings (SSSR count). The third-order valence-corrected chi connectivity index (χ3v) is 7.01. The molecule has 1 saturated heterocycles. The lowest BCUT2D eigenvalue weighted by atomic mass is 9.71. The third-order valence-electron chi connectivity index (χ3n) is 7.01. The molecule has 1 heterocycles. The lowest BCUT2D eigenvalue weighted by Crippen LogP contribution is -2.48. The van der Waals surface area contributed by atoms with E-state index in [4.69, 9.17) is 4.74 Å². The zero-order valence-corrected chi connectivity index (χ0v) is 20.4. The van der Waals surface area contributed by atoms with E-state index in [2.05, 4.69) is 4.90 Å². The molecule has 3 aromatic carbocycles. The van der Waals surface area contributed by atoms with Gasteiger partial charge in [-0.15, -0.1) is 0 Å². The molecule has 3 aromatic rings. The Labute approximate surface area is 210 Å². The van der Waals surface area contributed by atoms with Crippen molar-refractivity contribution in [1.29, 1.82) is 0 Å². The van der Waals surface area contributed by atoms with E-state index in [1.165, 1.54) is 29.2 Å². The number of anilines is 1. The predicted octanol–water partition coefficient (Wildman–Crippen LogP) is 5.58. The van der Waals surface area contributed by atoms with Crippen LogP contribution >= 0.6 is 0 Å². The number of benzene rings is 3. The number of carbonyl (C=O) groups is 1. The largest absolute Gasteiger partial charge is 0.432 e. The van der Waals surface area contributed by atoms with Crippen molar-refractivity contribution in [2.75, 3.05) is 38.2 Å². The van der Waals surface area contributed by atoms with Gasteiger partial charge in [-0.25, -0.2) is 13.6 Å². The van der Waals surface area contributed by atoms with Crippen LogP contribution < -0.4 is 4.90 Å². The summed E-state index contributed by atoms with van der Waals surface area (Å²) in [7, 11) is 1.65. The van der Waals surface area contributed by atoms with Gasteiger partial charge in [0, 0.05) is 42.9 Å². The molecule has 1 amide bonds. The minimum absolute atomic E-state index is 0.132. The van der Waals surface area contributed by atoms with E-state index in [1.807, 2.05) is 30.3 Å². The minimum Gasteiger partial charge on any atom is -0.432 e. The maximum absolute atomic E-state index is 14.0. The van der Waals surface area contributed by atoms with Gasteiger partial charge in [-0.05, 0) is 68.8 Å². The third kappa shape index (κ3) is 5.58. The Balaban J connectivity index is 1.77. The van der Waals surface area contributed by atoms with Crippen molar-refractivity contribution in [3.8, 4) is 0 Å². The highest BCUT2D eigenvalue weighted by molar-refractivity contribution is 5.87. The van der Waals surface area contributed by atoms with Crippen LogP contribution in [0.3, 0.4) is 0 Å². The summed E-state index contributed by atoms with van der Waals surface area (Å²) in [5.41, 5.74) is 0.705. The number of amides is 1. The second kappa shape index (κ2) is 11.6. The zero-order chi connectivity index (χ0) is 25.5. The topological polar surface area (TPSA) is 53.0 Å². The van der Waals surface area contributed by atoms with Crippen molar-refractivity contribution in [2.24, 2.45) is 5.92 Å². The molecule has 0 atom stereocenters. The second-order valence-corrected chi connectivity index (χ2v) is 9.21. The van der Waals surface area contributed by atoms with Gasteiger partial charge in [0.15, 0.2) is 5.60 Å². The van der Waals surface area contributed by atoms with Gasteiger partial charge in [0.05, 0.1) is 0 Å². The molecule has 1 aliphatic rings. The number of nitrogens with zero attached hydrogens (tertiary/aromatic N) is 2. The number of hydrogen-bond acceptors (Lipinski definition) is 4. The van der Waals surface area contributed by atoms with Crippen LogP contribution in [0.15, 0.2) is 78.9 Å². The number of likely N-dealkylation sites (tertiary alicyclic amines) is 1. The van der Waals surface area contributed by atoms with Crippen LogP contribution in [0.2, 0.25) is 0 Å². The molecule has 1 N–H and O–H groups in total. The summed E-state index contributed by atoms with van der Waals surface area (Å²) in [6, 6.07) is 21.2. The Kier molecular flexibility index (Phi) is 8.33. The summed E-state index contributed by atoms with van der Waals surface area (Å²) in [5, 5.41) is 9.22. The number of carbonyl (C=O) groups excluding carboxylic acids is 1. The van der Waals surface area contributed by atoms with Gasteiger partial charge in [0.1, 0.15) is 11.6 Å². The van der Waals surface area contributed by atoms with Crippen LogP contribution in [-0.2, 0) is 10.3 Å². The molecule has 0 spiro atoms. The quantitative estimate of drug-likeness (QED) is 0.445. The van der Waals surface area contributed by atoms with Crippen molar-refractivity contribution in [1.82, 2.24) is 4.90 Å². The lowest BCUT2D eigenvalue weighted by molar-refractivity contribution is -0.0269. The van der Waals surface area contributed by atoms with E-state index in [1.54, 1.807) is 31.3 Å². The van der Waals surface area contributed by atoms with Gasteiger partial charge in [0.25, 0.3) is 0 Å². The Morgan fingerprint density at radius 2 is 1.47 bits per heavy atom. The molecule has 36 heavy (non-hydrogen) atoms. The first-order valence-corrected chi connectivity index (χ1v) is 12.3. The highest BCUT2D eigenvalue weighted by Crippen LogP contribution is 2.46. The van der Waals surface area contributed by atoms with Crippen molar-refractivity contribution in [3.05, 3.63) is 102 Å². The number of rotatable bonds is 8. The average Bonchev–Trinajstić information content (AvgIpc) is 2.92. The number of para-hydroxylation sites is 1. The van der Waals surface area contributed by atoms with Gasteiger partial charge in [-0.3, -0.25) is 4.90 Å². The first-order valence-electron chi connectivity index (χ1n) is 12.3. The van der Waals surface area contributed by atoms with Crippen LogP contribution in [-0.4, -0.2) is 49.4 Å². The van der Waals surface area contributed by atoms with Crippen LogP contribution in [0.4, 0.5) is 19.3 Å². The van der Waals surface area contributed by atoms with Crippen LogP contribution in [0, 0.1) is 17.6 Å². The summed E-state index contributed by atoms with van der Waals surface area (Å²) in [6.45, 7) is 2.46. The van der Waals surface area contributed by atoms with E-state index >= 15 is 0 Å². The molecule has 0 aliphatic carbocycles. The molecular formula is C29H32F2N2O3. The van der Waals surface area contributed by atoms with Gasteiger partial charge in [-0.1, -0.05) is 42.5 Å². The first kappa shape index (κ1) is 25.8. The van der Waals surface area contributed by atoms with Gasteiger partial charge >= 0.3 is 6.09 Å². The highest BCUT2D eigenvalue weighted by Gasteiger charge is 2.47. The Morgan fingerprint density at radius 1 is 0.944 bits per heavy atom. The van der Waals surface area contributed by atoms with Gasteiger partial charge < -0.3 is 14.7 Å². The average molecular weight is 495 g/mol.